The van der Waals surface area contributed by atoms with Crippen LogP contribution in [0.4, 0.5) is 0 Å². The lowest BCUT2D eigenvalue weighted by Gasteiger charge is -2.26. The number of hydrogen-bond acceptors (Lipinski definition) is 4. The van der Waals surface area contributed by atoms with E-state index in [9.17, 15) is 0 Å². The summed E-state index contributed by atoms with van der Waals surface area (Å²) in [5.74, 6) is 1.80. The van der Waals surface area contributed by atoms with Gasteiger partial charge in [-0.1, -0.05) is 88.2 Å². The number of rotatable bonds is 5. The van der Waals surface area contributed by atoms with Gasteiger partial charge in [-0.15, -0.1) is 10.2 Å². The molecule has 0 radical (unpaired) electrons. The van der Waals surface area contributed by atoms with Crippen LogP contribution in [0.3, 0.4) is 0 Å². The van der Waals surface area contributed by atoms with Gasteiger partial charge in [0, 0.05) is 17.4 Å². The molecule has 1 saturated carbocycles. The van der Waals surface area contributed by atoms with Gasteiger partial charge in [-0.3, -0.25) is 4.57 Å². The van der Waals surface area contributed by atoms with Crippen molar-refractivity contribution in [3.05, 3.63) is 65.2 Å². The number of hydrogen-bond donors (Lipinski definition) is 0. The maximum absolute atomic E-state index is 9.01. The Hall–Kier alpha value is -2.58. The molecular weight excluding hydrogens is 400 g/mol. The molecule has 0 bridgehead atoms. The molecule has 1 heterocycles. The third-order valence-electron chi connectivity index (χ3n) is 6.06. The third-order valence-corrected chi connectivity index (χ3v) is 7.08. The number of nitrogens with zero attached hydrogens (tertiary/aromatic N) is 4. The van der Waals surface area contributed by atoms with Gasteiger partial charge in [-0.25, -0.2) is 0 Å². The second-order valence-corrected chi connectivity index (χ2v) is 10.3. The summed E-state index contributed by atoms with van der Waals surface area (Å²) < 4.78 is 2.39. The van der Waals surface area contributed by atoms with Crippen LogP contribution in [0.1, 0.15) is 75.6 Å². The van der Waals surface area contributed by atoms with E-state index in [1.807, 2.05) is 24.3 Å². The third kappa shape index (κ3) is 5.02. The molecule has 4 rings (SSSR count). The zero-order valence-corrected chi connectivity index (χ0v) is 19.5. The van der Waals surface area contributed by atoms with E-state index in [1.165, 1.54) is 43.2 Å². The minimum Gasteiger partial charge on any atom is -0.299 e. The summed E-state index contributed by atoms with van der Waals surface area (Å²) in [7, 11) is 0. The SMILES string of the molecule is CC(C)(C)c1ccc(-c2nnc(SCc3ccc(C#N)cc3)n2C2CCCCC2)cc1. The first-order chi connectivity index (χ1) is 15.0. The standard InChI is InChI=1S/C26H30N4S/c1-26(2,3)22-15-13-21(14-16-22)24-28-29-25(30(24)23-7-5-4-6-8-23)31-18-20-11-9-19(17-27)10-12-20/h9-16,23H,4-8,18H2,1-3H3. The van der Waals surface area contributed by atoms with Crippen molar-refractivity contribution in [3.63, 3.8) is 0 Å². The first-order valence-corrected chi connectivity index (χ1v) is 12.1. The van der Waals surface area contributed by atoms with E-state index in [0.717, 1.165) is 22.3 Å². The normalized spacial score (nSPS) is 15.0. The predicted octanol–water partition coefficient (Wildman–Crippen LogP) is 6.91. The second kappa shape index (κ2) is 9.28. The van der Waals surface area contributed by atoms with E-state index >= 15 is 0 Å². The molecule has 3 aromatic rings. The van der Waals surface area contributed by atoms with Crippen LogP contribution in [0, 0.1) is 11.3 Å². The fourth-order valence-corrected chi connectivity index (χ4v) is 5.14. The van der Waals surface area contributed by atoms with Gasteiger partial charge < -0.3 is 0 Å². The fraction of sp³-hybridized carbons (Fsp3) is 0.423. The van der Waals surface area contributed by atoms with Crippen molar-refractivity contribution < 1.29 is 0 Å². The van der Waals surface area contributed by atoms with E-state index in [2.05, 4.69) is 65.9 Å². The maximum atomic E-state index is 9.01. The Bertz CT molecular complexity index is 1050. The lowest BCUT2D eigenvalue weighted by atomic mass is 9.86. The van der Waals surface area contributed by atoms with Crippen LogP contribution < -0.4 is 0 Å². The van der Waals surface area contributed by atoms with Crippen molar-refractivity contribution >= 4 is 11.8 Å². The molecule has 0 N–H and O–H groups in total. The fourth-order valence-electron chi connectivity index (χ4n) is 4.18. The zero-order valence-electron chi connectivity index (χ0n) is 18.6. The van der Waals surface area contributed by atoms with Crippen molar-refractivity contribution in [1.82, 2.24) is 14.8 Å². The number of thioether (sulfide) groups is 1. The van der Waals surface area contributed by atoms with Gasteiger partial charge in [-0.2, -0.15) is 5.26 Å². The first kappa shape index (κ1) is 21.6. The average molecular weight is 431 g/mol. The summed E-state index contributed by atoms with van der Waals surface area (Å²) in [6.07, 6.45) is 6.24. The molecule has 1 aliphatic carbocycles. The van der Waals surface area contributed by atoms with Crippen molar-refractivity contribution in [1.29, 1.82) is 5.26 Å². The van der Waals surface area contributed by atoms with Gasteiger partial charge >= 0.3 is 0 Å². The van der Waals surface area contributed by atoms with E-state index in [1.54, 1.807) is 11.8 Å². The Labute approximate surface area is 189 Å². The molecular formula is C26H30N4S. The minimum atomic E-state index is 0.137. The summed E-state index contributed by atoms with van der Waals surface area (Å²) in [6.45, 7) is 6.72. The number of benzene rings is 2. The Morgan fingerprint density at radius 3 is 2.26 bits per heavy atom. The predicted molar refractivity (Wildman–Crippen MR) is 127 cm³/mol. The topological polar surface area (TPSA) is 54.5 Å². The van der Waals surface area contributed by atoms with Crippen LogP contribution >= 0.6 is 11.8 Å². The zero-order chi connectivity index (χ0) is 21.8. The molecule has 31 heavy (non-hydrogen) atoms. The van der Waals surface area contributed by atoms with Crippen molar-refractivity contribution in [2.45, 2.75) is 75.2 Å². The average Bonchev–Trinajstić information content (AvgIpc) is 3.22. The highest BCUT2D eigenvalue weighted by atomic mass is 32.2. The summed E-state index contributed by atoms with van der Waals surface area (Å²) in [5.41, 5.74) is 4.49. The van der Waals surface area contributed by atoms with E-state index < -0.39 is 0 Å². The van der Waals surface area contributed by atoms with Crippen molar-refractivity contribution in [2.75, 3.05) is 0 Å². The molecule has 1 fully saturated rings. The summed E-state index contributed by atoms with van der Waals surface area (Å²) >= 11 is 1.74. The Morgan fingerprint density at radius 2 is 1.65 bits per heavy atom. The van der Waals surface area contributed by atoms with Crippen molar-refractivity contribution in [3.8, 4) is 17.5 Å². The quantitative estimate of drug-likeness (QED) is 0.413. The van der Waals surface area contributed by atoms with Crippen LogP contribution in [0.5, 0.6) is 0 Å². The van der Waals surface area contributed by atoms with E-state index in [4.69, 9.17) is 5.26 Å². The van der Waals surface area contributed by atoms with Gasteiger partial charge in [-0.05, 0) is 41.5 Å². The maximum Gasteiger partial charge on any atom is 0.192 e. The largest absolute Gasteiger partial charge is 0.299 e. The van der Waals surface area contributed by atoms with E-state index in [0.29, 0.717) is 11.6 Å². The minimum absolute atomic E-state index is 0.137. The first-order valence-electron chi connectivity index (χ1n) is 11.1. The molecule has 4 nitrogen and oxygen atoms in total. The van der Waals surface area contributed by atoms with Gasteiger partial charge in [0.15, 0.2) is 11.0 Å². The smallest absolute Gasteiger partial charge is 0.192 e. The number of aromatic nitrogens is 3. The molecule has 0 unspecified atom stereocenters. The Morgan fingerprint density at radius 1 is 0.968 bits per heavy atom. The summed E-state index contributed by atoms with van der Waals surface area (Å²) in [6, 6.07) is 19.3. The monoisotopic (exact) mass is 430 g/mol. The highest BCUT2D eigenvalue weighted by Gasteiger charge is 2.24. The van der Waals surface area contributed by atoms with Gasteiger partial charge in [0.1, 0.15) is 0 Å². The summed E-state index contributed by atoms with van der Waals surface area (Å²) in [4.78, 5) is 0. The molecule has 0 aliphatic heterocycles. The lowest BCUT2D eigenvalue weighted by Crippen LogP contribution is -2.15. The lowest BCUT2D eigenvalue weighted by molar-refractivity contribution is 0.339. The molecule has 1 aliphatic rings. The van der Waals surface area contributed by atoms with E-state index in [-0.39, 0.29) is 5.41 Å². The molecule has 0 saturated heterocycles. The highest BCUT2D eigenvalue weighted by Crippen LogP contribution is 2.36. The molecule has 0 atom stereocenters. The van der Waals surface area contributed by atoms with Gasteiger partial charge in [0.2, 0.25) is 0 Å². The number of nitriles is 1. The van der Waals surface area contributed by atoms with Gasteiger partial charge in [0.25, 0.3) is 0 Å². The molecule has 5 heteroatoms. The van der Waals surface area contributed by atoms with Crippen LogP contribution in [-0.4, -0.2) is 14.8 Å². The van der Waals surface area contributed by atoms with Crippen molar-refractivity contribution in [2.24, 2.45) is 0 Å². The van der Waals surface area contributed by atoms with Crippen LogP contribution in [0.15, 0.2) is 53.7 Å². The highest BCUT2D eigenvalue weighted by molar-refractivity contribution is 7.98. The Balaban J connectivity index is 1.62. The molecule has 2 aromatic carbocycles. The molecule has 160 valence electrons. The molecule has 0 spiro atoms. The van der Waals surface area contributed by atoms with Crippen LogP contribution in [-0.2, 0) is 11.2 Å². The molecule has 1 aromatic heterocycles. The van der Waals surface area contributed by atoms with Gasteiger partial charge in [0.05, 0.1) is 11.6 Å². The summed E-state index contributed by atoms with van der Waals surface area (Å²) in [5, 5.41) is 19.3. The van der Waals surface area contributed by atoms with Crippen LogP contribution in [0.2, 0.25) is 0 Å². The molecule has 0 amide bonds. The Kier molecular flexibility index (Phi) is 6.48. The second-order valence-electron chi connectivity index (χ2n) is 9.39. The van der Waals surface area contributed by atoms with Crippen LogP contribution in [0.25, 0.3) is 11.4 Å².